The number of carboxylic acids is 1. The number of nitrogens with one attached hydrogen (secondary N) is 1. The van der Waals surface area contributed by atoms with Gasteiger partial charge in [-0.1, -0.05) is 0 Å². The Morgan fingerprint density at radius 2 is 2.38 bits per heavy atom. The Balaban J connectivity index is 2.42. The summed E-state index contributed by atoms with van der Waals surface area (Å²) in [5, 5.41) is 11.6. The van der Waals surface area contributed by atoms with Gasteiger partial charge in [0.15, 0.2) is 0 Å². The lowest BCUT2D eigenvalue weighted by Gasteiger charge is -2.21. The molecule has 1 aliphatic rings. The maximum Gasteiger partial charge on any atom is 0.305 e. The third-order valence-corrected chi connectivity index (χ3v) is 2.48. The van der Waals surface area contributed by atoms with Gasteiger partial charge in [0, 0.05) is 6.04 Å². The number of likely N-dealkylation sites (N-methyl/N-ethyl adjacent to an activating group) is 1. The highest BCUT2D eigenvalue weighted by Crippen LogP contribution is 2.22. The number of rotatable bonds is 4. The van der Waals surface area contributed by atoms with Gasteiger partial charge in [-0.05, 0) is 26.8 Å². The molecule has 0 bridgehead atoms. The lowest BCUT2D eigenvalue weighted by Crippen LogP contribution is -2.39. The van der Waals surface area contributed by atoms with E-state index in [-0.39, 0.29) is 24.7 Å². The Morgan fingerprint density at radius 3 is 2.77 bits per heavy atom. The summed E-state index contributed by atoms with van der Waals surface area (Å²) in [6, 6.07) is -0.0533. The van der Waals surface area contributed by atoms with Crippen LogP contribution in [-0.2, 0) is 9.53 Å². The number of hydrogen-bond donors (Lipinski definition) is 2. The number of carboxylic acid groups (broad SMARTS) is 1. The summed E-state index contributed by atoms with van der Waals surface area (Å²) in [6.45, 7) is 2.02. The number of ether oxygens (including phenoxy) is 1. The van der Waals surface area contributed by atoms with E-state index >= 15 is 0 Å². The maximum atomic E-state index is 10.5. The monoisotopic (exact) mass is 187 g/mol. The van der Waals surface area contributed by atoms with E-state index in [9.17, 15) is 4.79 Å². The first-order valence-corrected chi connectivity index (χ1v) is 4.68. The van der Waals surface area contributed by atoms with Crippen LogP contribution in [0.5, 0.6) is 0 Å². The van der Waals surface area contributed by atoms with Gasteiger partial charge in [0.25, 0.3) is 0 Å². The molecule has 0 aromatic rings. The fourth-order valence-electron chi connectivity index (χ4n) is 1.74. The highest BCUT2D eigenvalue weighted by Gasteiger charge is 2.29. The van der Waals surface area contributed by atoms with Gasteiger partial charge in [0.2, 0.25) is 0 Å². The Kier molecular flexibility index (Phi) is 3.69. The fraction of sp³-hybridized carbons (Fsp3) is 0.889. The molecule has 4 heteroatoms. The molecule has 4 nitrogen and oxygen atoms in total. The second-order valence-electron chi connectivity index (χ2n) is 3.56. The van der Waals surface area contributed by atoms with Crippen LogP contribution in [-0.4, -0.2) is 36.4 Å². The topological polar surface area (TPSA) is 58.6 Å². The quantitative estimate of drug-likeness (QED) is 0.677. The third kappa shape index (κ3) is 2.97. The molecule has 1 aliphatic heterocycles. The molecule has 1 fully saturated rings. The second-order valence-corrected chi connectivity index (χ2v) is 3.56. The third-order valence-electron chi connectivity index (χ3n) is 2.48. The fourth-order valence-corrected chi connectivity index (χ4v) is 1.74. The average molecular weight is 187 g/mol. The van der Waals surface area contributed by atoms with Crippen LogP contribution >= 0.6 is 0 Å². The van der Waals surface area contributed by atoms with E-state index < -0.39 is 5.97 Å². The van der Waals surface area contributed by atoms with Gasteiger partial charge in [0.05, 0.1) is 18.6 Å². The molecule has 0 saturated carbocycles. The lowest BCUT2D eigenvalue weighted by molar-refractivity contribution is -0.138. The van der Waals surface area contributed by atoms with Crippen molar-refractivity contribution in [3.05, 3.63) is 0 Å². The molecule has 1 saturated heterocycles. The zero-order valence-electron chi connectivity index (χ0n) is 8.12. The highest BCUT2D eigenvalue weighted by molar-refractivity contribution is 5.67. The van der Waals surface area contributed by atoms with Crippen molar-refractivity contribution in [2.24, 2.45) is 0 Å². The summed E-state index contributed by atoms with van der Waals surface area (Å²) in [5.74, 6) is -0.775. The van der Waals surface area contributed by atoms with E-state index in [1.54, 1.807) is 7.05 Å². The maximum absolute atomic E-state index is 10.5. The molecular weight excluding hydrogens is 170 g/mol. The van der Waals surface area contributed by atoms with Crippen LogP contribution in [0, 0.1) is 0 Å². The van der Waals surface area contributed by atoms with Crippen molar-refractivity contribution in [3.63, 3.8) is 0 Å². The van der Waals surface area contributed by atoms with Crippen molar-refractivity contribution in [2.45, 2.75) is 44.4 Å². The molecule has 0 spiro atoms. The smallest absolute Gasteiger partial charge is 0.305 e. The largest absolute Gasteiger partial charge is 0.481 e. The van der Waals surface area contributed by atoms with Gasteiger partial charge in [-0.3, -0.25) is 4.79 Å². The van der Waals surface area contributed by atoms with Crippen molar-refractivity contribution in [2.75, 3.05) is 7.05 Å². The van der Waals surface area contributed by atoms with Crippen molar-refractivity contribution in [1.82, 2.24) is 5.32 Å². The van der Waals surface area contributed by atoms with E-state index in [1.165, 1.54) is 0 Å². The summed E-state index contributed by atoms with van der Waals surface area (Å²) >= 11 is 0. The lowest BCUT2D eigenvalue weighted by atomic mass is 10.0. The first-order valence-electron chi connectivity index (χ1n) is 4.68. The van der Waals surface area contributed by atoms with Crippen LogP contribution in [0.3, 0.4) is 0 Å². The predicted octanol–water partition coefficient (Wildman–Crippen LogP) is 0.617. The number of hydrogen-bond acceptors (Lipinski definition) is 3. The zero-order chi connectivity index (χ0) is 9.84. The van der Waals surface area contributed by atoms with Crippen molar-refractivity contribution in [3.8, 4) is 0 Å². The SMILES string of the molecule is CNC(CC(=O)O)C1CCC(C)O1. The summed E-state index contributed by atoms with van der Waals surface area (Å²) in [5.41, 5.74) is 0. The van der Waals surface area contributed by atoms with Gasteiger partial charge in [-0.2, -0.15) is 0 Å². The van der Waals surface area contributed by atoms with E-state index in [2.05, 4.69) is 5.32 Å². The predicted molar refractivity (Wildman–Crippen MR) is 48.7 cm³/mol. The average Bonchev–Trinajstić information content (AvgIpc) is 2.47. The van der Waals surface area contributed by atoms with Gasteiger partial charge in [0.1, 0.15) is 0 Å². The van der Waals surface area contributed by atoms with E-state index in [4.69, 9.17) is 9.84 Å². The molecule has 0 aliphatic carbocycles. The molecule has 3 atom stereocenters. The van der Waals surface area contributed by atoms with Gasteiger partial charge in [-0.15, -0.1) is 0 Å². The molecule has 13 heavy (non-hydrogen) atoms. The number of carbonyl (C=O) groups is 1. The van der Waals surface area contributed by atoms with Crippen LogP contribution in [0.2, 0.25) is 0 Å². The molecular formula is C9H17NO3. The second kappa shape index (κ2) is 4.58. The van der Waals surface area contributed by atoms with Gasteiger partial charge >= 0.3 is 5.97 Å². The minimum Gasteiger partial charge on any atom is -0.481 e. The molecule has 2 N–H and O–H groups in total. The van der Waals surface area contributed by atoms with Gasteiger partial charge < -0.3 is 15.2 Å². The minimum atomic E-state index is -0.775. The van der Waals surface area contributed by atoms with Crippen LogP contribution in [0.25, 0.3) is 0 Å². The molecule has 0 aromatic carbocycles. The highest BCUT2D eigenvalue weighted by atomic mass is 16.5. The molecule has 1 heterocycles. The number of aliphatic carboxylic acids is 1. The van der Waals surface area contributed by atoms with Crippen molar-refractivity contribution in [1.29, 1.82) is 0 Å². The van der Waals surface area contributed by atoms with E-state index in [1.807, 2.05) is 6.92 Å². The molecule has 0 aromatic heterocycles. The molecule has 3 unspecified atom stereocenters. The standard InChI is InChI=1S/C9H17NO3/c1-6-3-4-8(13-6)7(10-2)5-9(11)12/h6-8,10H,3-5H2,1-2H3,(H,11,12). The Labute approximate surface area is 78.3 Å². The normalized spacial score (nSPS) is 30.3. The Hall–Kier alpha value is -0.610. The first-order chi connectivity index (χ1) is 6.13. The summed E-state index contributed by atoms with van der Waals surface area (Å²) in [4.78, 5) is 10.5. The Morgan fingerprint density at radius 1 is 1.69 bits per heavy atom. The molecule has 1 rings (SSSR count). The minimum absolute atomic E-state index is 0.0533. The Bertz CT molecular complexity index is 184. The van der Waals surface area contributed by atoms with Crippen molar-refractivity contribution >= 4 is 5.97 Å². The van der Waals surface area contributed by atoms with E-state index in [0.29, 0.717) is 0 Å². The summed E-state index contributed by atoms with van der Waals surface area (Å²) in [6.07, 6.45) is 2.46. The summed E-state index contributed by atoms with van der Waals surface area (Å²) in [7, 11) is 1.78. The molecule has 0 radical (unpaired) electrons. The van der Waals surface area contributed by atoms with Crippen LogP contribution in [0.4, 0.5) is 0 Å². The van der Waals surface area contributed by atoms with Gasteiger partial charge in [-0.25, -0.2) is 0 Å². The zero-order valence-corrected chi connectivity index (χ0v) is 8.12. The van der Waals surface area contributed by atoms with E-state index in [0.717, 1.165) is 12.8 Å². The van der Waals surface area contributed by atoms with Crippen LogP contribution in [0.1, 0.15) is 26.2 Å². The first kappa shape index (κ1) is 10.5. The molecule has 0 amide bonds. The van der Waals surface area contributed by atoms with Crippen LogP contribution < -0.4 is 5.32 Å². The molecule has 76 valence electrons. The van der Waals surface area contributed by atoms with Crippen molar-refractivity contribution < 1.29 is 14.6 Å². The summed E-state index contributed by atoms with van der Waals surface area (Å²) < 4.78 is 5.59. The van der Waals surface area contributed by atoms with Crippen LogP contribution in [0.15, 0.2) is 0 Å².